The molecule has 1 amide bonds. The molecule has 0 radical (unpaired) electrons. The Bertz CT molecular complexity index is 1050. The SMILES string of the molecule is Cc1cc2c(cc(C(=O)NCCc3ccccn3)n2Cc2ccccc2)s1. The fourth-order valence-electron chi connectivity index (χ4n) is 3.23. The van der Waals surface area contributed by atoms with Crippen molar-refractivity contribution < 1.29 is 4.79 Å². The number of pyridine rings is 1. The highest BCUT2D eigenvalue weighted by atomic mass is 32.1. The van der Waals surface area contributed by atoms with E-state index in [-0.39, 0.29) is 5.91 Å². The number of benzene rings is 1. The minimum absolute atomic E-state index is 0.0390. The summed E-state index contributed by atoms with van der Waals surface area (Å²) in [5.74, 6) is -0.0390. The lowest BCUT2D eigenvalue weighted by atomic mass is 10.2. The summed E-state index contributed by atoms with van der Waals surface area (Å²) in [5.41, 5.74) is 3.99. The maximum absolute atomic E-state index is 12.9. The number of rotatable bonds is 6. The second kappa shape index (κ2) is 7.76. The van der Waals surface area contributed by atoms with Gasteiger partial charge in [-0.15, -0.1) is 11.3 Å². The minimum Gasteiger partial charge on any atom is -0.350 e. The number of hydrogen-bond acceptors (Lipinski definition) is 3. The van der Waals surface area contributed by atoms with Crippen LogP contribution >= 0.6 is 11.3 Å². The number of nitrogens with zero attached hydrogens (tertiary/aromatic N) is 2. The summed E-state index contributed by atoms with van der Waals surface area (Å²) in [6.45, 7) is 3.35. The molecule has 1 aromatic carbocycles. The smallest absolute Gasteiger partial charge is 0.267 e. The number of hydrogen-bond donors (Lipinski definition) is 1. The Kier molecular flexibility index (Phi) is 5.03. The Balaban J connectivity index is 1.55. The predicted molar refractivity (Wildman–Crippen MR) is 110 cm³/mol. The normalized spacial score (nSPS) is 11.0. The Hall–Kier alpha value is -2.92. The van der Waals surface area contributed by atoms with E-state index >= 15 is 0 Å². The van der Waals surface area contributed by atoms with Crippen LogP contribution in [0.5, 0.6) is 0 Å². The van der Waals surface area contributed by atoms with E-state index in [0.717, 1.165) is 22.3 Å². The van der Waals surface area contributed by atoms with E-state index in [0.29, 0.717) is 18.8 Å². The number of amides is 1. The lowest BCUT2D eigenvalue weighted by Crippen LogP contribution is -2.28. The summed E-state index contributed by atoms with van der Waals surface area (Å²) < 4.78 is 3.27. The molecule has 3 heterocycles. The fourth-order valence-corrected chi connectivity index (χ4v) is 4.19. The topological polar surface area (TPSA) is 46.9 Å². The van der Waals surface area contributed by atoms with Crippen LogP contribution in [0.2, 0.25) is 0 Å². The molecule has 5 heteroatoms. The monoisotopic (exact) mass is 375 g/mol. The molecule has 27 heavy (non-hydrogen) atoms. The summed E-state index contributed by atoms with van der Waals surface area (Å²) in [6, 6.07) is 20.3. The average molecular weight is 375 g/mol. The van der Waals surface area contributed by atoms with Crippen LogP contribution in [0.3, 0.4) is 0 Å². The van der Waals surface area contributed by atoms with Crippen molar-refractivity contribution in [2.75, 3.05) is 6.54 Å². The van der Waals surface area contributed by atoms with Gasteiger partial charge in [0.05, 0.1) is 10.2 Å². The van der Waals surface area contributed by atoms with Crippen LogP contribution < -0.4 is 5.32 Å². The zero-order valence-electron chi connectivity index (χ0n) is 15.2. The average Bonchev–Trinajstić information content (AvgIpc) is 3.20. The van der Waals surface area contributed by atoms with Crippen LogP contribution in [0.25, 0.3) is 10.2 Å². The standard InChI is InChI=1S/C22H21N3OS/c1-16-13-19-21(27-16)14-20(25(19)15-17-7-3-2-4-8-17)22(26)24-12-10-18-9-5-6-11-23-18/h2-9,11,13-14H,10,12,15H2,1H3,(H,24,26). The summed E-state index contributed by atoms with van der Waals surface area (Å²) in [5, 5.41) is 3.04. The van der Waals surface area contributed by atoms with Gasteiger partial charge in [0.15, 0.2) is 0 Å². The van der Waals surface area contributed by atoms with Crippen LogP contribution in [-0.4, -0.2) is 22.0 Å². The molecule has 3 aromatic heterocycles. The molecule has 0 saturated carbocycles. The van der Waals surface area contributed by atoms with E-state index in [1.807, 2.05) is 42.5 Å². The van der Waals surface area contributed by atoms with Crippen molar-refractivity contribution >= 4 is 27.5 Å². The van der Waals surface area contributed by atoms with E-state index in [4.69, 9.17) is 0 Å². The largest absolute Gasteiger partial charge is 0.350 e. The molecule has 0 unspecified atom stereocenters. The van der Waals surface area contributed by atoms with Crippen LogP contribution in [0.4, 0.5) is 0 Å². The maximum atomic E-state index is 12.9. The predicted octanol–water partition coefficient (Wildman–Crippen LogP) is 4.43. The molecule has 0 atom stereocenters. The lowest BCUT2D eigenvalue weighted by molar-refractivity contribution is 0.0945. The van der Waals surface area contributed by atoms with Gasteiger partial charge in [0.1, 0.15) is 5.69 Å². The van der Waals surface area contributed by atoms with Crippen molar-refractivity contribution in [3.63, 3.8) is 0 Å². The molecular weight excluding hydrogens is 354 g/mol. The van der Waals surface area contributed by atoms with E-state index in [2.05, 4.69) is 40.0 Å². The summed E-state index contributed by atoms with van der Waals surface area (Å²) in [7, 11) is 0. The lowest BCUT2D eigenvalue weighted by Gasteiger charge is -2.11. The van der Waals surface area contributed by atoms with E-state index in [9.17, 15) is 4.79 Å². The van der Waals surface area contributed by atoms with E-state index in [1.165, 1.54) is 10.4 Å². The molecule has 1 N–H and O–H groups in total. The highest BCUT2D eigenvalue weighted by Crippen LogP contribution is 2.29. The number of fused-ring (bicyclic) bond motifs is 1. The molecule has 4 aromatic rings. The number of nitrogens with one attached hydrogen (secondary N) is 1. The van der Waals surface area contributed by atoms with Crippen LogP contribution in [0.15, 0.2) is 66.9 Å². The number of carbonyl (C=O) groups is 1. The third-order valence-electron chi connectivity index (χ3n) is 4.52. The number of aromatic nitrogens is 2. The second-order valence-corrected chi connectivity index (χ2v) is 7.82. The first-order valence-corrected chi connectivity index (χ1v) is 9.84. The number of aryl methyl sites for hydroxylation is 1. The molecule has 0 spiro atoms. The van der Waals surface area contributed by atoms with Gasteiger partial charge in [-0.2, -0.15) is 0 Å². The Morgan fingerprint density at radius 1 is 1.11 bits per heavy atom. The van der Waals surface area contributed by atoms with Gasteiger partial charge in [-0.3, -0.25) is 9.78 Å². The number of carbonyl (C=O) groups excluding carboxylic acids is 1. The zero-order chi connectivity index (χ0) is 18.6. The molecule has 0 fully saturated rings. The van der Waals surface area contributed by atoms with Gasteiger partial charge in [-0.05, 0) is 36.8 Å². The first-order valence-electron chi connectivity index (χ1n) is 9.02. The van der Waals surface area contributed by atoms with Crippen molar-refractivity contribution in [1.82, 2.24) is 14.9 Å². The van der Waals surface area contributed by atoms with Gasteiger partial charge in [0, 0.05) is 36.3 Å². The van der Waals surface area contributed by atoms with E-state index < -0.39 is 0 Å². The summed E-state index contributed by atoms with van der Waals surface area (Å²) in [4.78, 5) is 18.4. The third-order valence-corrected chi connectivity index (χ3v) is 5.51. The van der Waals surface area contributed by atoms with Gasteiger partial charge in [0.25, 0.3) is 5.91 Å². The molecule has 0 aliphatic rings. The number of thiophene rings is 1. The summed E-state index contributed by atoms with van der Waals surface area (Å²) in [6.07, 6.45) is 2.50. The van der Waals surface area contributed by atoms with E-state index in [1.54, 1.807) is 17.5 Å². The molecule has 0 bridgehead atoms. The van der Waals surface area contributed by atoms with Crippen LogP contribution in [-0.2, 0) is 13.0 Å². The molecule has 136 valence electrons. The van der Waals surface area contributed by atoms with Crippen molar-refractivity contribution in [2.24, 2.45) is 0 Å². The third kappa shape index (κ3) is 3.93. The maximum Gasteiger partial charge on any atom is 0.267 e. The van der Waals surface area contributed by atoms with Crippen molar-refractivity contribution in [2.45, 2.75) is 19.9 Å². The fraction of sp³-hybridized carbons (Fsp3) is 0.182. The molecule has 0 saturated heterocycles. The zero-order valence-corrected chi connectivity index (χ0v) is 16.0. The van der Waals surface area contributed by atoms with Gasteiger partial charge in [-0.1, -0.05) is 36.4 Å². The molecular formula is C22H21N3OS. The highest BCUT2D eigenvalue weighted by molar-refractivity contribution is 7.19. The molecule has 4 nitrogen and oxygen atoms in total. The van der Waals surface area contributed by atoms with Gasteiger partial charge in [0.2, 0.25) is 0 Å². The second-order valence-electron chi connectivity index (χ2n) is 6.53. The van der Waals surface area contributed by atoms with Crippen molar-refractivity contribution in [3.8, 4) is 0 Å². The first-order chi connectivity index (χ1) is 13.2. The minimum atomic E-state index is -0.0390. The summed E-state index contributed by atoms with van der Waals surface area (Å²) >= 11 is 1.72. The van der Waals surface area contributed by atoms with Crippen molar-refractivity contribution in [3.05, 3.63) is 88.7 Å². The quantitative estimate of drug-likeness (QED) is 0.542. The Morgan fingerprint density at radius 3 is 2.70 bits per heavy atom. The molecule has 0 aliphatic carbocycles. The van der Waals surface area contributed by atoms with Gasteiger partial charge < -0.3 is 9.88 Å². The van der Waals surface area contributed by atoms with Gasteiger partial charge in [-0.25, -0.2) is 0 Å². The van der Waals surface area contributed by atoms with Crippen molar-refractivity contribution in [1.29, 1.82) is 0 Å². The first kappa shape index (κ1) is 17.5. The Labute approximate surface area is 162 Å². The molecule has 4 rings (SSSR count). The van der Waals surface area contributed by atoms with Crippen LogP contribution in [0, 0.1) is 6.92 Å². The Morgan fingerprint density at radius 2 is 1.93 bits per heavy atom. The van der Waals surface area contributed by atoms with Gasteiger partial charge >= 0.3 is 0 Å². The van der Waals surface area contributed by atoms with Crippen LogP contribution in [0.1, 0.15) is 26.6 Å². The highest BCUT2D eigenvalue weighted by Gasteiger charge is 2.17. The molecule has 0 aliphatic heterocycles.